The second-order valence-corrected chi connectivity index (χ2v) is 8.72. The molecule has 1 heterocycles. The van der Waals surface area contributed by atoms with Crippen LogP contribution in [0.2, 0.25) is 0 Å². The molecule has 26 heavy (non-hydrogen) atoms. The summed E-state index contributed by atoms with van der Waals surface area (Å²) in [7, 11) is -3.78. The van der Waals surface area contributed by atoms with Gasteiger partial charge >= 0.3 is 0 Å². The largest absolute Gasteiger partial charge is 0.312 e. The number of sulfonamides is 1. The van der Waals surface area contributed by atoms with Gasteiger partial charge in [-0.15, -0.1) is 0 Å². The van der Waals surface area contributed by atoms with Crippen LogP contribution in [-0.4, -0.2) is 20.9 Å². The van der Waals surface area contributed by atoms with Gasteiger partial charge in [-0.25, -0.2) is 8.42 Å². The zero-order valence-electron chi connectivity index (χ0n) is 14.8. The van der Waals surface area contributed by atoms with Crippen LogP contribution in [0.5, 0.6) is 0 Å². The molecule has 0 fully saturated rings. The van der Waals surface area contributed by atoms with Gasteiger partial charge in [0.05, 0.1) is 0 Å². The van der Waals surface area contributed by atoms with Crippen molar-refractivity contribution in [2.24, 2.45) is 0 Å². The maximum Gasteiger partial charge on any atom is 0.263 e. The third-order valence-electron chi connectivity index (χ3n) is 4.51. The molecular formula is C19H21BrN2O3S. The number of benzene rings is 2. The molecule has 0 bridgehead atoms. The standard InChI is InChI=1S/C19H21BrN2O3S/c1-3-13-6-5-7-15(10-13)21-26(24,25)18-12-17-14(11-16(18)20)8-9-22(17)19(23)4-2/h5-7,10-12,21H,3-4,8-9H2,1-2H3. The van der Waals surface area contributed by atoms with Crippen molar-refractivity contribution in [2.75, 3.05) is 16.2 Å². The molecule has 0 spiro atoms. The molecule has 0 aliphatic carbocycles. The van der Waals surface area contributed by atoms with Crippen molar-refractivity contribution in [3.05, 3.63) is 52.0 Å². The van der Waals surface area contributed by atoms with E-state index < -0.39 is 10.0 Å². The molecule has 7 heteroatoms. The van der Waals surface area contributed by atoms with Crippen LogP contribution in [0, 0.1) is 0 Å². The molecule has 3 rings (SSSR count). The van der Waals surface area contributed by atoms with Crippen molar-refractivity contribution in [3.63, 3.8) is 0 Å². The minimum atomic E-state index is -3.78. The number of hydrogen-bond donors (Lipinski definition) is 1. The predicted molar refractivity (Wildman–Crippen MR) is 107 cm³/mol. The second-order valence-electron chi connectivity index (χ2n) is 6.22. The molecule has 0 unspecified atom stereocenters. The fourth-order valence-corrected chi connectivity index (χ4v) is 5.27. The Hall–Kier alpha value is -1.86. The van der Waals surface area contributed by atoms with E-state index >= 15 is 0 Å². The van der Waals surface area contributed by atoms with Crippen LogP contribution in [-0.2, 0) is 27.7 Å². The molecule has 1 aliphatic rings. The lowest BCUT2D eigenvalue weighted by molar-refractivity contribution is -0.118. The number of nitrogens with zero attached hydrogens (tertiary/aromatic N) is 1. The Labute approximate surface area is 162 Å². The van der Waals surface area contributed by atoms with Gasteiger partial charge in [0.1, 0.15) is 4.90 Å². The van der Waals surface area contributed by atoms with Gasteiger partial charge < -0.3 is 4.90 Å². The minimum absolute atomic E-state index is 0.00183. The molecule has 0 radical (unpaired) electrons. The van der Waals surface area contributed by atoms with E-state index in [1.165, 1.54) is 0 Å². The number of fused-ring (bicyclic) bond motifs is 1. The van der Waals surface area contributed by atoms with Crippen molar-refractivity contribution >= 4 is 43.2 Å². The van der Waals surface area contributed by atoms with E-state index in [9.17, 15) is 13.2 Å². The number of rotatable bonds is 5. The van der Waals surface area contributed by atoms with Crippen molar-refractivity contribution in [1.29, 1.82) is 0 Å². The number of carbonyl (C=O) groups is 1. The van der Waals surface area contributed by atoms with Crippen LogP contribution >= 0.6 is 15.9 Å². The molecule has 1 amide bonds. The van der Waals surface area contributed by atoms with E-state index in [0.717, 1.165) is 24.0 Å². The second kappa shape index (κ2) is 7.40. The zero-order valence-corrected chi connectivity index (χ0v) is 17.2. The highest BCUT2D eigenvalue weighted by atomic mass is 79.9. The lowest BCUT2D eigenvalue weighted by Gasteiger charge is -2.18. The molecule has 5 nitrogen and oxygen atoms in total. The summed E-state index contributed by atoms with van der Waals surface area (Å²) in [5.74, 6) is -0.00183. The molecule has 0 atom stereocenters. The molecule has 2 aromatic carbocycles. The van der Waals surface area contributed by atoms with E-state index in [1.807, 2.05) is 25.1 Å². The van der Waals surface area contributed by atoms with Gasteiger partial charge in [0.15, 0.2) is 0 Å². The van der Waals surface area contributed by atoms with Gasteiger partial charge in [-0.1, -0.05) is 26.0 Å². The van der Waals surface area contributed by atoms with Gasteiger partial charge in [-0.3, -0.25) is 9.52 Å². The highest BCUT2D eigenvalue weighted by molar-refractivity contribution is 9.10. The van der Waals surface area contributed by atoms with Crippen LogP contribution in [0.1, 0.15) is 31.4 Å². The van der Waals surface area contributed by atoms with Crippen LogP contribution in [0.15, 0.2) is 45.8 Å². The number of anilines is 2. The Morgan fingerprint density at radius 2 is 2.00 bits per heavy atom. The summed E-state index contributed by atoms with van der Waals surface area (Å²) < 4.78 is 29.0. The van der Waals surface area contributed by atoms with Crippen molar-refractivity contribution < 1.29 is 13.2 Å². The summed E-state index contributed by atoms with van der Waals surface area (Å²) in [6.45, 7) is 4.41. The summed E-state index contributed by atoms with van der Waals surface area (Å²) in [6.07, 6.45) is 1.94. The highest BCUT2D eigenvalue weighted by Crippen LogP contribution is 2.36. The normalized spacial score (nSPS) is 13.6. The van der Waals surface area contributed by atoms with Crippen LogP contribution in [0.25, 0.3) is 0 Å². The van der Waals surface area contributed by atoms with Crippen LogP contribution < -0.4 is 9.62 Å². The van der Waals surface area contributed by atoms with E-state index in [4.69, 9.17) is 0 Å². The molecule has 1 aliphatic heterocycles. The zero-order chi connectivity index (χ0) is 18.9. The lowest BCUT2D eigenvalue weighted by atomic mass is 10.1. The van der Waals surface area contributed by atoms with E-state index in [1.54, 1.807) is 30.0 Å². The number of nitrogens with one attached hydrogen (secondary N) is 1. The van der Waals surface area contributed by atoms with E-state index in [0.29, 0.717) is 28.8 Å². The SMILES string of the molecule is CCC(=O)N1CCc2cc(Br)c(S(=O)(=O)Nc3cccc(CC)c3)cc21. The number of amides is 1. The number of aryl methyl sites for hydroxylation is 1. The molecule has 1 N–H and O–H groups in total. The summed E-state index contributed by atoms with van der Waals surface area (Å²) >= 11 is 3.38. The Kier molecular flexibility index (Phi) is 5.39. The maximum absolute atomic E-state index is 12.9. The molecule has 138 valence electrons. The average Bonchev–Trinajstić information content (AvgIpc) is 3.02. The third-order valence-corrected chi connectivity index (χ3v) is 6.85. The maximum atomic E-state index is 12.9. The van der Waals surface area contributed by atoms with Crippen molar-refractivity contribution in [3.8, 4) is 0 Å². The first kappa shape index (κ1) is 18.9. The Balaban J connectivity index is 1.99. The van der Waals surface area contributed by atoms with Gasteiger partial charge in [0, 0.05) is 28.8 Å². The van der Waals surface area contributed by atoms with Crippen LogP contribution in [0.4, 0.5) is 11.4 Å². The molecule has 0 saturated heterocycles. The number of carbonyl (C=O) groups excluding carboxylic acids is 1. The molecule has 0 saturated carbocycles. The molecule has 0 aromatic heterocycles. The minimum Gasteiger partial charge on any atom is -0.312 e. The summed E-state index contributed by atoms with van der Waals surface area (Å²) in [4.78, 5) is 13.9. The monoisotopic (exact) mass is 436 g/mol. The first-order chi connectivity index (χ1) is 12.4. The third kappa shape index (κ3) is 3.64. The number of hydrogen-bond acceptors (Lipinski definition) is 3. The van der Waals surface area contributed by atoms with Gasteiger partial charge in [0.2, 0.25) is 5.91 Å². The van der Waals surface area contributed by atoms with E-state index in [2.05, 4.69) is 20.7 Å². The Bertz CT molecular complexity index is 957. The summed E-state index contributed by atoms with van der Waals surface area (Å²) in [6, 6.07) is 10.7. The first-order valence-corrected chi connectivity index (χ1v) is 10.9. The topological polar surface area (TPSA) is 66.5 Å². The molecule has 2 aromatic rings. The smallest absolute Gasteiger partial charge is 0.263 e. The lowest BCUT2D eigenvalue weighted by Crippen LogP contribution is -2.28. The fraction of sp³-hybridized carbons (Fsp3) is 0.316. The number of halogens is 1. The Morgan fingerprint density at radius 1 is 1.23 bits per heavy atom. The highest BCUT2D eigenvalue weighted by Gasteiger charge is 2.28. The average molecular weight is 437 g/mol. The first-order valence-electron chi connectivity index (χ1n) is 8.60. The summed E-state index contributed by atoms with van der Waals surface area (Å²) in [5, 5.41) is 0. The van der Waals surface area contributed by atoms with Gasteiger partial charge in [-0.2, -0.15) is 0 Å². The van der Waals surface area contributed by atoms with Crippen LogP contribution in [0.3, 0.4) is 0 Å². The van der Waals surface area contributed by atoms with E-state index in [-0.39, 0.29) is 10.8 Å². The Morgan fingerprint density at radius 3 is 2.69 bits per heavy atom. The summed E-state index contributed by atoms with van der Waals surface area (Å²) in [5.41, 5.74) is 3.24. The van der Waals surface area contributed by atoms with Crippen molar-refractivity contribution in [1.82, 2.24) is 0 Å². The molecular weight excluding hydrogens is 416 g/mol. The van der Waals surface area contributed by atoms with Gasteiger partial charge in [0.25, 0.3) is 10.0 Å². The predicted octanol–water partition coefficient (Wildman–Crippen LogP) is 4.11. The van der Waals surface area contributed by atoms with Crippen molar-refractivity contribution in [2.45, 2.75) is 38.0 Å². The fourth-order valence-electron chi connectivity index (χ4n) is 3.11. The van der Waals surface area contributed by atoms with Gasteiger partial charge in [-0.05, 0) is 64.2 Å². The quantitative estimate of drug-likeness (QED) is 0.766.